The number of halogens is 1. The number of hydrogen-bond donors (Lipinski definition) is 0. The monoisotopic (exact) mass is 402 g/mol. The molecule has 0 unspecified atom stereocenters. The molecule has 0 heterocycles. The van der Waals surface area contributed by atoms with E-state index in [1.54, 1.807) is 30.3 Å². The lowest BCUT2D eigenvalue weighted by molar-refractivity contribution is -0.164. The van der Waals surface area contributed by atoms with Gasteiger partial charge in [0.25, 0.3) is 0 Å². The molecule has 1 aromatic carbocycles. The van der Waals surface area contributed by atoms with E-state index in [2.05, 4.69) is 9.47 Å². The Bertz CT molecular complexity index is 534. The largest absolute Gasteiger partial charge is 0.468 e. The Labute approximate surface area is 136 Å². The normalized spacial score (nSPS) is 11.2. The van der Waals surface area contributed by atoms with Crippen LogP contribution in [0.4, 0.5) is 0 Å². The van der Waals surface area contributed by atoms with Crippen LogP contribution >= 0.6 is 22.6 Å². The predicted molar refractivity (Wildman–Crippen MR) is 85.0 cm³/mol. The van der Waals surface area contributed by atoms with Crippen LogP contribution in [0.3, 0.4) is 0 Å². The highest BCUT2D eigenvalue weighted by atomic mass is 127. The topological polar surface area (TPSA) is 69.7 Å². The second kappa shape index (κ2) is 7.92. The van der Waals surface area contributed by atoms with Crippen molar-refractivity contribution >= 4 is 40.3 Å². The van der Waals surface area contributed by atoms with E-state index in [-0.39, 0.29) is 12.2 Å². The quantitative estimate of drug-likeness (QED) is 0.317. The van der Waals surface area contributed by atoms with Gasteiger partial charge in [-0.15, -0.1) is 0 Å². The van der Waals surface area contributed by atoms with Crippen molar-refractivity contribution in [2.45, 2.75) is 6.42 Å². The molecule has 0 aliphatic rings. The number of benzene rings is 1. The summed E-state index contributed by atoms with van der Waals surface area (Å²) in [4.78, 5) is 36.4. The van der Waals surface area contributed by atoms with E-state index in [0.717, 1.165) is 14.2 Å². The molecule has 0 fully saturated rings. The SMILES string of the molecule is COC(=O)C(/C=C/I)(CC(=O)c1ccccc1)C(=O)OC. The van der Waals surface area contributed by atoms with Crippen LogP contribution in [0.2, 0.25) is 0 Å². The molecule has 0 radical (unpaired) electrons. The Morgan fingerprint density at radius 1 is 1.10 bits per heavy atom. The summed E-state index contributed by atoms with van der Waals surface area (Å²) in [6.07, 6.45) is 0.974. The number of hydrogen-bond acceptors (Lipinski definition) is 5. The van der Waals surface area contributed by atoms with Gasteiger partial charge in [-0.2, -0.15) is 0 Å². The number of ether oxygens (including phenoxy) is 2. The van der Waals surface area contributed by atoms with E-state index < -0.39 is 17.4 Å². The maximum atomic E-state index is 12.3. The Morgan fingerprint density at radius 3 is 2.05 bits per heavy atom. The van der Waals surface area contributed by atoms with Gasteiger partial charge in [0.1, 0.15) is 0 Å². The number of esters is 2. The lowest BCUT2D eigenvalue weighted by Crippen LogP contribution is -2.41. The first-order valence-corrected chi connectivity index (χ1v) is 7.29. The van der Waals surface area contributed by atoms with Crippen molar-refractivity contribution in [3.8, 4) is 0 Å². The smallest absolute Gasteiger partial charge is 0.327 e. The Kier molecular flexibility index (Phi) is 6.54. The third-order valence-electron chi connectivity index (χ3n) is 2.98. The average molecular weight is 402 g/mol. The summed E-state index contributed by atoms with van der Waals surface area (Å²) in [6.45, 7) is 0. The van der Waals surface area contributed by atoms with E-state index in [9.17, 15) is 14.4 Å². The highest BCUT2D eigenvalue weighted by molar-refractivity contribution is 14.1. The van der Waals surface area contributed by atoms with Gasteiger partial charge in [-0.05, 0) is 10.2 Å². The minimum Gasteiger partial charge on any atom is -0.468 e. The van der Waals surface area contributed by atoms with Crippen LogP contribution in [-0.4, -0.2) is 31.9 Å². The Hall–Kier alpha value is -1.70. The molecular formula is C15H15IO5. The summed E-state index contributed by atoms with van der Waals surface area (Å²) >= 11 is 1.87. The molecule has 0 aliphatic heterocycles. The number of carbonyl (C=O) groups excluding carboxylic acids is 3. The van der Waals surface area contributed by atoms with Gasteiger partial charge < -0.3 is 9.47 Å². The molecule has 0 bridgehead atoms. The molecule has 6 heteroatoms. The lowest BCUT2D eigenvalue weighted by Gasteiger charge is -2.24. The summed E-state index contributed by atoms with van der Waals surface area (Å²) in [5.41, 5.74) is -1.35. The van der Waals surface area contributed by atoms with Gasteiger partial charge in [0.05, 0.1) is 14.2 Å². The van der Waals surface area contributed by atoms with E-state index in [0.29, 0.717) is 5.56 Å². The fraction of sp³-hybridized carbons (Fsp3) is 0.267. The molecule has 0 saturated heterocycles. The lowest BCUT2D eigenvalue weighted by atomic mass is 9.81. The molecule has 0 aliphatic carbocycles. The van der Waals surface area contributed by atoms with E-state index in [4.69, 9.17) is 0 Å². The van der Waals surface area contributed by atoms with Gasteiger partial charge in [-0.1, -0.05) is 52.9 Å². The maximum Gasteiger partial charge on any atom is 0.327 e. The van der Waals surface area contributed by atoms with Gasteiger partial charge in [0.2, 0.25) is 0 Å². The molecular weight excluding hydrogens is 387 g/mol. The molecule has 112 valence electrons. The molecule has 5 nitrogen and oxygen atoms in total. The molecule has 0 amide bonds. The third-order valence-corrected chi connectivity index (χ3v) is 3.34. The van der Waals surface area contributed by atoms with Crippen LogP contribution in [0.1, 0.15) is 16.8 Å². The van der Waals surface area contributed by atoms with Gasteiger partial charge in [0.15, 0.2) is 11.2 Å². The summed E-state index contributed by atoms with van der Waals surface area (Å²) in [6, 6.07) is 8.43. The molecule has 0 aromatic heterocycles. The molecule has 1 aromatic rings. The number of Topliss-reactive ketones (excluding diaryl/α,β-unsaturated/α-hetero) is 1. The molecule has 1 rings (SSSR count). The van der Waals surface area contributed by atoms with Gasteiger partial charge in [-0.25, -0.2) is 0 Å². The summed E-state index contributed by atoms with van der Waals surface area (Å²) in [5, 5.41) is 0. The number of rotatable bonds is 6. The minimum absolute atomic E-state index is 0.346. The molecule has 21 heavy (non-hydrogen) atoms. The van der Waals surface area contributed by atoms with Crippen molar-refractivity contribution in [1.82, 2.24) is 0 Å². The second-order valence-electron chi connectivity index (χ2n) is 4.21. The van der Waals surface area contributed by atoms with Crippen LogP contribution in [-0.2, 0) is 19.1 Å². The first-order chi connectivity index (χ1) is 10.0. The first kappa shape index (κ1) is 17.4. The van der Waals surface area contributed by atoms with E-state index in [1.807, 2.05) is 22.6 Å². The molecule has 0 spiro atoms. The Morgan fingerprint density at radius 2 is 1.62 bits per heavy atom. The third kappa shape index (κ3) is 3.90. The Balaban J connectivity index is 3.21. The average Bonchev–Trinajstić information content (AvgIpc) is 2.53. The van der Waals surface area contributed by atoms with Crippen molar-refractivity contribution < 1.29 is 23.9 Å². The molecule has 0 saturated carbocycles. The van der Waals surface area contributed by atoms with Crippen LogP contribution in [0.25, 0.3) is 0 Å². The fourth-order valence-electron chi connectivity index (χ4n) is 1.87. The number of ketones is 1. The van der Waals surface area contributed by atoms with Crippen LogP contribution in [0, 0.1) is 5.41 Å². The van der Waals surface area contributed by atoms with Crippen molar-refractivity contribution in [2.24, 2.45) is 5.41 Å². The molecule has 0 atom stereocenters. The number of carbonyl (C=O) groups is 3. The highest BCUT2D eigenvalue weighted by Crippen LogP contribution is 2.30. The standard InChI is InChI=1S/C15H15IO5/c1-20-13(18)15(8-9-16,14(19)21-2)10-12(17)11-6-4-3-5-7-11/h3-9H,10H2,1-2H3/b9-8+. The van der Waals surface area contributed by atoms with Crippen molar-refractivity contribution in [3.05, 3.63) is 46.1 Å². The summed E-state index contributed by atoms with van der Waals surface area (Å²) in [5.74, 6) is -2.00. The van der Waals surface area contributed by atoms with Crippen LogP contribution in [0.15, 0.2) is 40.5 Å². The van der Waals surface area contributed by atoms with Gasteiger partial charge in [-0.3, -0.25) is 14.4 Å². The highest BCUT2D eigenvalue weighted by Gasteiger charge is 2.48. The zero-order valence-electron chi connectivity index (χ0n) is 11.7. The van der Waals surface area contributed by atoms with Gasteiger partial charge >= 0.3 is 11.9 Å². The summed E-state index contributed by atoms with van der Waals surface area (Å²) < 4.78 is 10.9. The van der Waals surface area contributed by atoms with Gasteiger partial charge in [0, 0.05) is 12.0 Å². The minimum atomic E-state index is -1.77. The van der Waals surface area contributed by atoms with E-state index >= 15 is 0 Å². The maximum absolute atomic E-state index is 12.3. The zero-order chi connectivity index (χ0) is 15.9. The fourth-order valence-corrected chi connectivity index (χ4v) is 2.49. The van der Waals surface area contributed by atoms with Crippen LogP contribution < -0.4 is 0 Å². The van der Waals surface area contributed by atoms with Crippen molar-refractivity contribution in [3.63, 3.8) is 0 Å². The summed E-state index contributed by atoms with van der Waals surface area (Å²) in [7, 11) is 2.32. The first-order valence-electron chi connectivity index (χ1n) is 6.05. The zero-order valence-corrected chi connectivity index (χ0v) is 13.8. The second-order valence-corrected chi connectivity index (χ2v) is 4.93. The van der Waals surface area contributed by atoms with Crippen molar-refractivity contribution in [2.75, 3.05) is 14.2 Å². The predicted octanol–water partition coefficient (Wildman–Crippen LogP) is 2.54. The van der Waals surface area contributed by atoms with Crippen LogP contribution in [0.5, 0.6) is 0 Å². The number of methoxy groups -OCH3 is 2. The van der Waals surface area contributed by atoms with E-state index in [1.165, 1.54) is 10.2 Å². The molecule has 0 N–H and O–H groups in total. The van der Waals surface area contributed by atoms with Crippen molar-refractivity contribution in [1.29, 1.82) is 0 Å².